The lowest BCUT2D eigenvalue weighted by Gasteiger charge is -2.34. The standard InChI is InChI=1S/C26H28N10O/c1-35-6-8-36(9-7-35)20-4-5-28-24-22(20)31-25(32-24)21-19-11-17(13-29-23(19)34-33-21)16-10-18(14-27-12-16)30-26(37)15-2-3-15/h4-5,10-15,26,30,37H,2-3,6-9H2,1H3,(H,28,31,32)(H,29,33,34). The molecule has 7 rings (SSSR count). The third-order valence-electron chi connectivity index (χ3n) is 7.32. The number of nitrogens with one attached hydrogen (secondary N) is 3. The van der Waals surface area contributed by atoms with Gasteiger partial charge in [-0.1, -0.05) is 0 Å². The minimum absolute atomic E-state index is 0.324. The maximum Gasteiger partial charge on any atom is 0.181 e. The molecule has 1 unspecified atom stereocenters. The average Bonchev–Trinajstić information content (AvgIpc) is 3.55. The number of H-pyrrole nitrogens is 2. The van der Waals surface area contributed by atoms with Crippen LogP contribution in [0, 0.1) is 5.92 Å². The molecule has 1 saturated heterocycles. The number of fused-ring (bicyclic) bond motifs is 2. The third-order valence-corrected chi connectivity index (χ3v) is 7.32. The van der Waals surface area contributed by atoms with Crippen LogP contribution >= 0.6 is 0 Å². The molecule has 1 aliphatic carbocycles. The lowest BCUT2D eigenvalue weighted by atomic mass is 10.1. The zero-order valence-corrected chi connectivity index (χ0v) is 20.5. The molecule has 0 aromatic carbocycles. The van der Waals surface area contributed by atoms with Gasteiger partial charge in [0.15, 0.2) is 17.1 Å². The van der Waals surface area contributed by atoms with Gasteiger partial charge in [-0.05, 0) is 38.1 Å². The molecular weight excluding hydrogens is 468 g/mol. The van der Waals surface area contributed by atoms with Crippen LogP contribution in [0.5, 0.6) is 0 Å². The second-order valence-corrected chi connectivity index (χ2v) is 9.99. The van der Waals surface area contributed by atoms with E-state index in [9.17, 15) is 5.11 Å². The van der Waals surface area contributed by atoms with Gasteiger partial charge in [-0.3, -0.25) is 10.1 Å². The molecule has 2 aliphatic rings. The number of rotatable bonds is 6. The fourth-order valence-corrected chi connectivity index (χ4v) is 4.94. The molecule has 4 N–H and O–H groups in total. The van der Waals surface area contributed by atoms with Crippen LogP contribution in [-0.4, -0.2) is 84.6 Å². The van der Waals surface area contributed by atoms with E-state index in [2.05, 4.69) is 58.4 Å². The van der Waals surface area contributed by atoms with Gasteiger partial charge in [-0.25, -0.2) is 15.0 Å². The number of aliphatic hydroxyl groups excluding tert-OH is 1. The van der Waals surface area contributed by atoms with Crippen molar-refractivity contribution < 1.29 is 5.11 Å². The highest BCUT2D eigenvalue weighted by Crippen LogP contribution is 2.34. The fraction of sp³-hybridized carbons (Fsp3) is 0.346. The highest BCUT2D eigenvalue weighted by molar-refractivity contribution is 5.95. The molecule has 1 aliphatic heterocycles. The van der Waals surface area contributed by atoms with Crippen LogP contribution in [0.15, 0.2) is 43.0 Å². The molecular formula is C26H28N10O. The number of likely N-dealkylation sites (N-methyl/N-ethyl adjacent to an activating group) is 1. The van der Waals surface area contributed by atoms with Gasteiger partial charge in [0.1, 0.15) is 17.4 Å². The van der Waals surface area contributed by atoms with Gasteiger partial charge in [0, 0.05) is 61.8 Å². The summed E-state index contributed by atoms with van der Waals surface area (Å²) in [6, 6.07) is 6.07. The number of aromatic nitrogens is 7. The summed E-state index contributed by atoms with van der Waals surface area (Å²) in [5.41, 5.74) is 6.67. The minimum Gasteiger partial charge on any atom is -0.374 e. The van der Waals surface area contributed by atoms with E-state index in [1.807, 2.05) is 18.3 Å². The molecule has 5 aromatic rings. The number of piperazine rings is 1. The SMILES string of the molecule is CN1CCN(c2ccnc3nc(-c4[nH]nc5ncc(-c6cncc(NC(O)C7CC7)c6)cc45)[nH]c23)CC1. The fourth-order valence-electron chi connectivity index (χ4n) is 4.94. The van der Waals surface area contributed by atoms with Crippen molar-refractivity contribution >= 4 is 33.6 Å². The minimum atomic E-state index is -0.546. The number of pyridine rings is 3. The molecule has 0 bridgehead atoms. The zero-order chi connectivity index (χ0) is 24.9. The lowest BCUT2D eigenvalue weighted by Crippen LogP contribution is -2.44. The Morgan fingerprint density at radius 2 is 1.86 bits per heavy atom. The number of aromatic amines is 2. The van der Waals surface area contributed by atoms with Crippen LogP contribution < -0.4 is 10.2 Å². The van der Waals surface area contributed by atoms with Crippen LogP contribution in [0.4, 0.5) is 11.4 Å². The highest BCUT2D eigenvalue weighted by Gasteiger charge is 2.29. The zero-order valence-electron chi connectivity index (χ0n) is 20.5. The molecule has 188 valence electrons. The first-order valence-electron chi connectivity index (χ1n) is 12.6. The average molecular weight is 497 g/mol. The summed E-state index contributed by atoms with van der Waals surface area (Å²) in [5, 5.41) is 21.8. The monoisotopic (exact) mass is 496 g/mol. The Bertz CT molecular complexity index is 1580. The van der Waals surface area contributed by atoms with Crippen LogP contribution in [-0.2, 0) is 0 Å². The van der Waals surface area contributed by atoms with Gasteiger partial charge >= 0.3 is 0 Å². The van der Waals surface area contributed by atoms with Gasteiger partial charge in [-0.15, -0.1) is 0 Å². The molecule has 0 spiro atoms. The Morgan fingerprint density at radius 1 is 1.03 bits per heavy atom. The van der Waals surface area contributed by atoms with Crippen LogP contribution in [0.1, 0.15) is 12.8 Å². The first-order valence-corrected chi connectivity index (χ1v) is 12.6. The van der Waals surface area contributed by atoms with Gasteiger partial charge in [0.05, 0.1) is 23.0 Å². The van der Waals surface area contributed by atoms with E-state index in [1.54, 1.807) is 18.6 Å². The molecule has 11 nitrogen and oxygen atoms in total. The van der Waals surface area contributed by atoms with E-state index in [0.717, 1.165) is 78.1 Å². The maximum atomic E-state index is 10.3. The predicted molar refractivity (Wildman–Crippen MR) is 142 cm³/mol. The van der Waals surface area contributed by atoms with Crippen LogP contribution in [0.25, 0.3) is 44.8 Å². The van der Waals surface area contributed by atoms with E-state index in [0.29, 0.717) is 23.0 Å². The first kappa shape index (κ1) is 22.1. The summed E-state index contributed by atoms with van der Waals surface area (Å²) in [6.07, 6.45) is 8.69. The third kappa shape index (κ3) is 4.15. The van der Waals surface area contributed by atoms with E-state index < -0.39 is 6.23 Å². The van der Waals surface area contributed by atoms with E-state index in [-0.39, 0.29) is 0 Å². The number of nitrogens with zero attached hydrogens (tertiary/aromatic N) is 7. The molecule has 37 heavy (non-hydrogen) atoms. The number of hydrogen-bond acceptors (Lipinski definition) is 9. The summed E-state index contributed by atoms with van der Waals surface area (Å²) in [7, 11) is 2.15. The van der Waals surface area contributed by atoms with Crippen molar-refractivity contribution in [3.05, 3.63) is 43.0 Å². The normalized spacial score (nSPS) is 17.5. The Labute approximate surface area is 213 Å². The molecule has 5 aromatic heterocycles. The highest BCUT2D eigenvalue weighted by atomic mass is 16.3. The van der Waals surface area contributed by atoms with E-state index >= 15 is 0 Å². The topological polar surface area (TPSA) is 135 Å². The van der Waals surface area contributed by atoms with E-state index in [4.69, 9.17) is 4.98 Å². The summed E-state index contributed by atoms with van der Waals surface area (Å²) >= 11 is 0. The Kier molecular flexibility index (Phi) is 5.26. The van der Waals surface area contributed by atoms with Crippen molar-refractivity contribution in [1.29, 1.82) is 0 Å². The van der Waals surface area contributed by atoms with Crippen molar-refractivity contribution in [1.82, 2.24) is 40.0 Å². The van der Waals surface area contributed by atoms with Crippen molar-refractivity contribution in [2.75, 3.05) is 43.4 Å². The second-order valence-electron chi connectivity index (χ2n) is 9.99. The summed E-state index contributed by atoms with van der Waals surface area (Å²) in [4.78, 5) is 26.5. The molecule has 11 heteroatoms. The maximum absolute atomic E-state index is 10.3. The summed E-state index contributed by atoms with van der Waals surface area (Å²) < 4.78 is 0. The largest absolute Gasteiger partial charge is 0.374 e. The molecule has 0 radical (unpaired) electrons. The van der Waals surface area contributed by atoms with Gasteiger partial charge in [0.25, 0.3) is 0 Å². The van der Waals surface area contributed by atoms with Crippen molar-refractivity contribution in [2.24, 2.45) is 5.92 Å². The molecule has 2 fully saturated rings. The quantitative estimate of drug-likeness (QED) is 0.262. The summed E-state index contributed by atoms with van der Waals surface area (Å²) in [6.45, 7) is 3.97. The Morgan fingerprint density at radius 3 is 2.70 bits per heavy atom. The predicted octanol–water partition coefficient (Wildman–Crippen LogP) is 2.85. The van der Waals surface area contributed by atoms with Crippen molar-refractivity contribution in [3.8, 4) is 22.6 Å². The van der Waals surface area contributed by atoms with E-state index in [1.165, 1.54) is 0 Å². The number of anilines is 2. The number of hydrogen-bond donors (Lipinski definition) is 4. The lowest BCUT2D eigenvalue weighted by molar-refractivity contribution is 0.180. The molecule has 1 atom stereocenters. The Hall–Kier alpha value is -4.09. The smallest absolute Gasteiger partial charge is 0.181 e. The molecule has 1 saturated carbocycles. The van der Waals surface area contributed by atoms with Crippen molar-refractivity contribution in [2.45, 2.75) is 19.1 Å². The Balaban J connectivity index is 1.24. The van der Waals surface area contributed by atoms with Gasteiger partial charge < -0.3 is 25.2 Å². The van der Waals surface area contributed by atoms with Gasteiger partial charge in [-0.2, -0.15) is 5.10 Å². The van der Waals surface area contributed by atoms with Crippen molar-refractivity contribution in [3.63, 3.8) is 0 Å². The second kappa shape index (κ2) is 8.79. The number of aliphatic hydroxyl groups is 1. The number of imidazole rings is 1. The summed E-state index contributed by atoms with van der Waals surface area (Å²) in [5.74, 6) is 0.997. The molecule has 6 heterocycles. The van der Waals surface area contributed by atoms with Crippen LogP contribution in [0.2, 0.25) is 0 Å². The van der Waals surface area contributed by atoms with Gasteiger partial charge in [0.2, 0.25) is 0 Å². The van der Waals surface area contributed by atoms with Crippen LogP contribution in [0.3, 0.4) is 0 Å². The first-order chi connectivity index (χ1) is 18.1. The molecule has 0 amide bonds.